The third kappa shape index (κ3) is 4.28. The number of hydrogen-bond donors (Lipinski definition) is 2. The highest BCUT2D eigenvalue weighted by Gasteiger charge is 2.18. The minimum absolute atomic E-state index is 0.107. The number of aryl methyl sites for hydroxylation is 1. The molecule has 1 aliphatic heterocycles. The van der Waals surface area contributed by atoms with Gasteiger partial charge in [0.2, 0.25) is 0 Å². The molecular weight excluding hydrogens is 358 g/mol. The summed E-state index contributed by atoms with van der Waals surface area (Å²) in [6.45, 7) is 7.79. The predicted octanol–water partition coefficient (Wildman–Crippen LogP) is 4.59. The largest absolute Gasteiger partial charge is 0.351 e. The van der Waals surface area contributed by atoms with Crippen molar-refractivity contribution < 1.29 is 4.79 Å². The van der Waals surface area contributed by atoms with Crippen LogP contribution < -0.4 is 10.6 Å². The van der Waals surface area contributed by atoms with Crippen LogP contribution in [0.5, 0.6) is 0 Å². The number of unbranched alkanes of at least 4 members (excludes halogenated alkanes) is 1. The molecule has 4 nitrogen and oxygen atoms in total. The van der Waals surface area contributed by atoms with Gasteiger partial charge in [0.15, 0.2) is 0 Å². The number of benzene rings is 2. The molecule has 1 unspecified atom stereocenters. The lowest BCUT2D eigenvalue weighted by atomic mass is 9.91. The van der Waals surface area contributed by atoms with E-state index in [-0.39, 0.29) is 5.91 Å². The van der Waals surface area contributed by atoms with Gasteiger partial charge < -0.3 is 15.2 Å². The Kier molecular flexibility index (Phi) is 5.81. The lowest BCUT2D eigenvalue weighted by Crippen LogP contribution is -2.30. The molecule has 2 heterocycles. The minimum Gasteiger partial charge on any atom is -0.351 e. The molecule has 0 bridgehead atoms. The number of fused-ring (bicyclic) bond motifs is 2. The van der Waals surface area contributed by atoms with Gasteiger partial charge in [-0.15, -0.1) is 0 Å². The fourth-order valence-electron chi connectivity index (χ4n) is 4.23. The van der Waals surface area contributed by atoms with E-state index in [4.69, 9.17) is 0 Å². The molecule has 150 valence electrons. The zero-order chi connectivity index (χ0) is 20.2. The molecule has 4 heteroatoms. The van der Waals surface area contributed by atoms with Gasteiger partial charge >= 0.3 is 0 Å². The van der Waals surface area contributed by atoms with Crippen LogP contribution >= 0.6 is 0 Å². The van der Waals surface area contributed by atoms with Gasteiger partial charge in [0.1, 0.15) is 5.70 Å². The van der Waals surface area contributed by atoms with Crippen molar-refractivity contribution in [2.45, 2.75) is 38.6 Å². The smallest absolute Gasteiger partial charge is 0.267 e. The summed E-state index contributed by atoms with van der Waals surface area (Å²) in [4.78, 5) is 12.5. The molecule has 3 aromatic rings. The van der Waals surface area contributed by atoms with Gasteiger partial charge in [0.05, 0.1) is 5.52 Å². The Morgan fingerprint density at radius 2 is 2.07 bits per heavy atom. The first kappa shape index (κ1) is 19.5. The van der Waals surface area contributed by atoms with Crippen LogP contribution in [-0.4, -0.2) is 23.6 Å². The molecule has 1 atom stereocenters. The van der Waals surface area contributed by atoms with E-state index in [1.165, 1.54) is 16.7 Å². The molecule has 0 saturated heterocycles. The van der Waals surface area contributed by atoms with Crippen molar-refractivity contribution in [3.05, 3.63) is 78.0 Å². The lowest BCUT2D eigenvalue weighted by molar-refractivity contribution is -0.115. The van der Waals surface area contributed by atoms with Gasteiger partial charge in [-0.25, -0.2) is 0 Å². The Labute approximate surface area is 172 Å². The maximum atomic E-state index is 12.5. The standard InChI is InChI=1S/C25H29N3O/c1-18-10-11-24-21(17-18)13-16-28(24)19(2)25(29)27-14-6-5-9-23-22-8-4-3-7-20(22)12-15-26-23/h3-4,7-8,10-11,13,16-17,23,26H,2,5-6,9,12,14-15H2,1H3,(H,27,29). The van der Waals surface area contributed by atoms with Gasteiger partial charge in [-0.3, -0.25) is 4.79 Å². The van der Waals surface area contributed by atoms with Crippen LogP contribution in [0.1, 0.15) is 42.0 Å². The van der Waals surface area contributed by atoms with E-state index >= 15 is 0 Å². The average Bonchev–Trinajstić information content (AvgIpc) is 3.15. The molecule has 0 saturated carbocycles. The van der Waals surface area contributed by atoms with Gasteiger partial charge in [0.25, 0.3) is 5.91 Å². The lowest BCUT2D eigenvalue weighted by Gasteiger charge is -2.27. The number of hydrogen-bond acceptors (Lipinski definition) is 2. The second-order valence-corrected chi connectivity index (χ2v) is 7.90. The number of aromatic nitrogens is 1. The fraction of sp³-hybridized carbons (Fsp3) is 0.320. The fourth-order valence-corrected chi connectivity index (χ4v) is 4.23. The van der Waals surface area contributed by atoms with Crippen LogP contribution in [0.4, 0.5) is 0 Å². The van der Waals surface area contributed by atoms with E-state index in [2.05, 4.69) is 60.5 Å². The minimum atomic E-state index is -0.107. The normalized spacial score (nSPS) is 15.8. The van der Waals surface area contributed by atoms with Crippen molar-refractivity contribution in [1.82, 2.24) is 15.2 Å². The first-order valence-corrected chi connectivity index (χ1v) is 10.5. The van der Waals surface area contributed by atoms with E-state index in [0.29, 0.717) is 18.3 Å². The summed E-state index contributed by atoms with van der Waals surface area (Å²) in [6, 6.07) is 17.4. The van der Waals surface area contributed by atoms with E-state index in [1.54, 1.807) is 0 Å². The van der Waals surface area contributed by atoms with Crippen LogP contribution in [0.3, 0.4) is 0 Å². The maximum Gasteiger partial charge on any atom is 0.267 e. The highest BCUT2D eigenvalue weighted by Crippen LogP contribution is 2.26. The highest BCUT2D eigenvalue weighted by atomic mass is 16.2. The Morgan fingerprint density at radius 1 is 1.21 bits per heavy atom. The zero-order valence-electron chi connectivity index (χ0n) is 17.1. The first-order chi connectivity index (χ1) is 14.1. The van der Waals surface area contributed by atoms with Crippen LogP contribution in [0.15, 0.2) is 61.3 Å². The zero-order valence-corrected chi connectivity index (χ0v) is 17.1. The molecule has 2 N–H and O–H groups in total. The van der Waals surface area contributed by atoms with Gasteiger partial charge in [-0.2, -0.15) is 0 Å². The van der Waals surface area contributed by atoms with Crippen molar-refractivity contribution in [1.29, 1.82) is 0 Å². The van der Waals surface area contributed by atoms with Crippen molar-refractivity contribution in [2.75, 3.05) is 13.1 Å². The van der Waals surface area contributed by atoms with Gasteiger partial charge in [-0.1, -0.05) is 42.5 Å². The predicted molar refractivity (Wildman–Crippen MR) is 120 cm³/mol. The summed E-state index contributed by atoms with van der Waals surface area (Å²) < 4.78 is 1.87. The molecule has 4 rings (SSSR count). The SMILES string of the molecule is C=C(C(=O)NCCCCC1NCCc2ccccc21)n1ccc2cc(C)ccc21. The number of nitrogens with one attached hydrogen (secondary N) is 2. The molecule has 1 aromatic heterocycles. The number of carbonyl (C=O) groups is 1. The molecule has 0 radical (unpaired) electrons. The van der Waals surface area contributed by atoms with E-state index in [1.807, 2.05) is 22.9 Å². The molecule has 1 amide bonds. The second-order valence-electron chi connectivity index (χ2n) is 7.90. The molecule has 0 fully saturated rings. The monoisotopic (exact) mass is 387 g/mol. The van der Waals surface area contributed by atoms with Crippen molar-refractivity contribution in [3.8, 4) is 0 Å². The summed E-state index contributed by atoms with van der Waals surface area (Å²) in [5, 5.41) is 7.78. The molecule has 29 heavy (non-hydrogen) atoms. The number of rotatable bonds is 7. The Balaban J connectivity index is 1.26. The van der Waals surface area contributed by atoms with Crippen LogP contribution in [0.2, 0.25) is 0 Å². The quantitative estimate of drug-likeness (QED) is 0.460. The summed E-state index contributed by atoms with van der Waals surface area (Å²) >= 11 is 0. The Morgan fingerprint density at radius 3 is 2.97 bits per heavy atom. The molecular formula is C25H29N3O. The maximum absolute atomic E-state index is 12.5. The number of amides is 1. The summed E-state index contributed by atoms with van der Waals surface area (Å²) in [7, 11) is 0. The molecule has 0 aliphatic carbocycles. The highest BCUT2D eigenvalue weighted by molar-refractivity contribution is 6.14. The van der Waals surface area contributed by atoms with Crippen LogP contribution in [-0.2, 0) is 11.2 Å². The molecule has 0 spiro atoms. The van der Waals surface area contributed by atoms with Gasteiger partial charge in [0, 0.05) is 24.2 Å². The van der Waals surface area contributed by atoms with Gasteiger partial charge in [-0.05, 0) is 68.5 Å². The Hall–Kier alpha value is -2.85. The summed E-state index contributed by atoms with van der Waals surface area (Å²) in [5.74, 6) is -0.107. The summed E-state index contributed by atoms with van der Waals surface area (Å²) in [5.41, 5.74) is 5.59. The molecule has 1 aliphatic rings. The first-order valence-electron chi connectivity index (χ1n) is 10.5. The summed E-state index contributed by atoms with van der Waals surface area (Å²) in [6.07, 6.45) is 6.15. The molecule has 2 aromatic carbocycles. The average molecular weight is 388 g/mol. The Bertz CT molecular complexity index is 1030. The topological polar surface area (TPSA) is 46.1 Å². The number of nitrogens with zero attached hydrogens (tertiary/aromatic N) is 1. The van der Waals surface area contributed by atoms with Crippen molar-refractivity contribution in [3.63, 3.8) is 0 Å². The van der Waals surface area contributed by atoms with Crippen molar-refractivity contribution >= 4 is 22.5 Å². The van der Waals surface area contributed by atoms with E-state index < -0.39 is 0 Å². The number of carbonyl (C=O) groups excluding carboxylic acids is 1. The van der Waals surface area contributed by atoms with E-state index in [0.717, 1.165) is 43.1 Å². The van der Waals surface area contributed by atoms with Crippen molar-refractivity contribution in [2.24, 2.45) is 0 Å². The van der Waals surface area contributed by atoms with Crippen LogP contribution in [0.25, 0.3) is 16.6 Å². The third-order valence-electron chi connectivity index (χ3n) is 5.82. The van der Waals surface area contributed by atoms with E-state index in [9.17, 15) is 4.79 Å². The second kappa shape index (κ2) is 8.66. The van der Waals surface area contributed by atoms with Crippen LogP contribution in [0, 0.1) is 6.92 Å². The third-order valence-corrected chi connectivity index (χ3v) is 5.82.